The van der Waals surface area contributed by atoms with Crippen LogP contribution in [0.25, 0.3) is 22.3 Å². The number of nitrogens with one attached hydrogen (secondary N) is 2. The number of hydrogen-bond acceptors (Lipinski definition) is 16. The quantitative estimate of drug-likeness (QED) is 0.0119. The Balaban J connectivity index is 0.000000415. The number of imidazole rings is 2. The predicted molar refractivity (Wildman–Crippen MR) is 284 cm³/mol. The molecule has 0 aliphatic carbocycles. The topological polar surface area (TPSA) is 322 Å². The van der Waals surface area contributed by atoms with E-state index in [1.165, 1.54) is 62.2 Å². The molecule has 0 amide bonds. The highest BCUT2D eigenvalue weighted by Gasteiger charge is 2.11. The summed E-state index contributed by atoms with van der Waals surface area (Å²) in [6.07, 6.45) is 37.5. The van der Waals surface area contributed by atoms with Crippen molar-refractivity contribution in [3.63, 3.8) is 0 Å². The van der Waals surface area contributed by atoms with E-state index in [-0.39, 0.29) is 86.6 Å². The molecule has 0 bridgehead atoms. The maximum absolute atomic E-state index is 11.9. The number of unbranched alkanes of at least 4 members (excludes halogenated alkanes) is 16. The molecular formula is C52H88N10O11. The number of nitrogens with zero attached hydrogens (tertiary/aromatic N) is 6. The molecule has 0 aliphatic rings. The number of aromatic amines is 2. The van der Waals surface area contributed by atoms with Crippen molar-refractivity contribution < 1.29 is 44.2 Å². The molecule has 21 nitrogen and oxygen atoms in total. The van der Waals surface area contributed by atoms with E-state index < -0.39 is 11.5 Å². The van der Waals surface area contributed by atoms with E-state index in [1.54, 1.807) is 4.57 Å². The Morgan fingerprint density at radius 3 is 1.52 bits per heavy atom. The number of carbonyl (C=O) groups is 2. The second-order valence-corrected chi connectivity index (χ2v) is 18.1. The van der Waals surface area contributed by atoms with Crippen LogP contribution in [0.2, 0.25) is 0 Å². The zero-order valence-corrected chi connectivity index (χ0v) is 43.7. The van der Waals surface area contributed by atoms with Crippen molar-refractivity contribution >= 4 is 46.2 Å². The molecule has 4 rings (SSSR count). The van der Waals surface area contributed by atoms with Gasteiger partial charge in [-0.3, -0.25) is 38.3 Å². The second-order valence-electron chi connectivity index (χ2n) is 18.1. The molecule has 0 saturated heterocycles. The third kappa shape index (κ3) is 30.3. The van der Waals surface area contributed by atoms with Crippen molar-refractivity contribution in [1.82, 2.24) is 39.0 Å². The lowest BCUT2D eigenvalue weighted by molar-refractivity contribution is -0.145. The molecule has 10 N–H and O–H groups in total. The number of hydrogen-bond donors (Lipinski definition) is 8. The molecule has 0 aliphatic heterocycles. The van der Waals surface area contributed by atoms with Crippen molar-refractivity contribution in [3.8, 4) is 0 Å². The number of aliphatic carboxylic acids is 1. The van der Waals surface area contributed by atoms with Crippen LogP contribution in [0.5, 0.6) is 0 Å². The molecule has 0 unspecified atom stereocenters. The number of carbonyl (C=O) groups excluding carboxylic acids is 1. The Bertz CT molecular complexity index is 2240. The number of ether oxygens (including phenoxy) is 3. The third-order valence-electron chi connectivity index (χ3n) is 11.6. The molecule has 412 valence electrons. The molecule has 4 aromatic heterocycles. The molecule has 4 aromatic rings. The fourth-order valence-electron chi connectivity index (χ4n) is 7.53. The third-order valence-corrected chi connectivity index (χ3v) is 11.6. The van der Waals surface area contributed by atoms with E-state index in [9.17, 15) is 29.4 Å². The number of anilines is 2. The van der Waals surface area contributed by atoms with Gasteiger partial charge in [0.2, 0.25) is 11.9 Å². The number of nitrogens with two attached hydrogens (primary N) is 2. The summed E-state index contributed by atoms with van der Waals surface area (Å²) in [5, 5.41) is 36.8. The summed E-state index contributed by atoms with van der Waals surface area (Å²) >= 11 is 0. The average Bonchev–Trinajstić information content (AvgIpc) is 3.97. The van der Waals surface area contributed by atoms with Gasteiger partial charge in [-0.05, 0) is 64.2 Å². The van der Waals surface area contributed by atoms with Crippen molar-refractivity contribution in [1.29, 1.82) is 0 Å². The van der Waals surface area contributed by atoms with Gasteiger partial charge in [-0.25, -0.2) is 9.97 Å². The van der Waals surface area contributed by atoms with Crippen molar-refractivity contribution in [2.45, 2.75) is 206 Å². The monoisotopic (exact) mass is 1030 g/mol. The lowest BCUT2D eigenvalue weighted by Crippen LogP contribution is -2.14. The molecule has 73 heavy (non-hydrogen) atoms. The van der Waals surface area contributed by atoms with Crippen LogP contribution in [-0.2, 0) is 37.3 Å². The fraction of sp³-hybridized carbons (Fsp3) is 0.692. The zero-order valence-electron chi connectivity index (χ0n) is 43.7. The molecule has 0 spiro atoms. The number of rotatable bonds is 39. The number of fused-ring (bicyclic) bond motifs is 2. The van der Waals surface area contributed by atoms with Gasteiger partial charge in [0.25, 0.3) is 11.1 Å². The molecule has 0 saturated carbocycles. The summed E-state index contributed by atoms with van der Waals surface area (Å²) in [6, 6.07) is 0. The van der Waals surface area contributed by atoms with Crippen LogP contribution in [0, 0.1) is 0 Å². The SMILES string of the molecule is CCCCCC[C@@H](O)C/C=C\CCCCCCCC(=O)O.CCCCCC[C@@H](O)C/C=C\CCCCCCCC(=O)OCCOCn1cnc2c(=O)[nH]c(N)nc21.Nc1nc2c(ncn2COCCO)c(=O)[nH]1. The summed E-state index contributed by atoms with van der Waals surface area (Å²) < 4.78 is 18.9. The fourth-order valence-corrected chi connectivity index (χ4v) is 7.53. The van der Waals surface area contributed by atoms with Crippen LogP contribution in [0.15, 0.2) is 46.5 Å². The van der Waals surface area contributed by atoms with E-state index in [1.807, 2.05) is 0 Å². The standard InChI is InChI=1S/C26H43N5O5.C18H34O3.C8H11N5O3/c1-2-3-4-11-14-21(32)15-12-9-7-5-6-8-10-13-16-22(33)36-18-17-35-20-31-19-28-23-24(31)29-26(27)30-25(23)34;1-2-3-4-11-14-17(19)15-12-9-7-5-6-8-10-13-16-18(20)21;9-8-11-6-5(7(15)12-8)10-3-13(6)4-16-2-1-14/h9,12,19,21,32H,2-8,10-11,13-18,20H2,1H3,(H3,27,29,30,34);9,12,17,19H,2-8,10-11,13-16H2,1H3,(H,20,21);3,14H,1-2,4H2,(H3,9,11,12,15)/b2*12-9-;/t21-;17-;/m11./s1. The first-order chi connectivity index (χ1) is 35.4. The van der Waals surface area contributed by atoms with E-state index >= 15 is 0 Å². The van der Waals surface area contributed by atoms with E-state index in [2.05, 4.69) is 68.1 Å². The highest BCUT2D eigenvalue weighted by atomic mass is 16.6. The number of H-pyrrole nitrogens is 2. The molecule has 4 heterocycles. The van der Waals surface area contributed by atoms with Gasteiger partial charge in [0.1, 0.15) is 20.1 Å². The first-order valence-corrected chi connectivity index (χ1v) is 26.6. The first kappa shape index (κ1) is 63.6. The number of aromatic nitrogens is 8. The van der Waals surface area contributed by atoms with Gasteiger partial charge in [-0.1, -0.05) is 128 Å². The van der Waals surface area contributed by atoms with Crippen LogP contribution in [0.4, 0.5) is 11.9 Å². The van der Waals surface area contributed by atoms with E-state index in [4.69, 9.17) is 35.9 Å². The Labute approximate surface area is 430 Å². The summed E-state index contributed by atoms with van der Waals surface area (Å²) in [5.74, 6) is -0.865. The van der Waals surface area contributed by atoms with Gasteiger partial charge in [-0.15, -0.1) is 0 Å². The predicted octanol–water partition coefficient (Wildman–Crippen LogP) is 7.97. The smallest absolute Gasteiger partial charge is 0.305 e. The molecule has 0 aromatic carbocycles. The number of carboxylic acids is 1. The number of nitrogen functional groups attached to an aromatic ring is 2. The summed E-state index contributed by atoms with van der Waals surface area (Å²) in [7, 11) is 0. The van der Waals surface area contributed by atoms with Crippen LogP contribution >= 0.6 is 0 Å². The average molecular weight is 1030 g/mol. The van der Waals surface area contributed by atoms with Crippen molar-refractivity contribution in [2.24, 2.45) is 0 Å². The Morgan fingerprint density at radius 2 is 1.05 bits per heavy atom. The van der Waals surface area contributed by atoms with Gasteiger partial charge < -0.3 is 46.1 Å². The lowest BCUT2D eigenvalue weighted by Gasteiger charge is -2.07. The number of allylic oxidation sites excluding steroid dienone is 2. The van der Waals surface area contributed by atoms with Crippen molar-refractivity contribution in [3.05, 3.63) is 57.7 Å². The van der Waals surface area contributed by atoms with Crippen LogP contribution in [0.1, 0.15) is 181 Å². The molecular weight excluding hydrogens is 941 g/mol. The molecule has 0 fully saturated rings. The summed E-state index contributed by atoms with van der Waals surface area (Å²) in [5.41, 5.74) is 11.3. The van der Waals surface area contributed by atoms with Crippen molar-refractivity contribution in [2.75, 3.05) is 37.9 Å². The number of esters is 1. The maximum Gasteiger partial charge on any atom is 0.305 e. The number of aliphatic hydroxyl groups is 3. The number of carboxylic acid groups (broad SMARTS) is 1. The van der Waals surface area contributed by atoms with Gasteiger partial charge in [0.05, 0.1) is 44.7 Å². The molecule has 21 heteroatoms. The first-order valence-electron chi connectivity index (χ1n) is 26.6. The van der Waals surface area contributed by atoms with Crippen LogP contribution in [0.3, 0.4) is 0 Å². The Hall–Kier alpha value is -5.48. The Kier molecular flexibility index (Phi) is 35.7. The minimum atomic E-state index is -0.689. The number of aliphatic hydroxyl groups excluding tert-OH is 3. The van der Waals surface area contributed by atoms with Gasteiger partial charge in [-0.2, -0.15) is 9.97 Å². The highest BCUT2D eigenvalue weighted by Crippen LogP contribution is 2.13. The zero-order chi connectivity index (χ0) is 53.3. The second kappa shape index (κ2) is 40.9. The Morgan fingerprint density at radius 1 is 0.616 bits per heavy atom. The molecule has 0 radical (unpaired) electrons. The van der Waals surface area contributed by atoms with Crippen LogP contribution in [-0.4, -0.2) is 110 Å². The van der Waals surface area contributed by atoms with Gasteiger partial charge in [0.15, 0.2) is 22.3 Å². The van der Waals surface area contributed by atoms with Gasteiger partial charge in [0, 0.05) is 12.8 Å². The summed E-state index contributed by atoms with van der Waals surface area (Å²) in [4.78, 5) is 66.0. The largest absolute Gasteiger partial charge is 0.481 e. The maximum atomic E-state index is 11.9. The normalized spacial score (nSPS) is 12.3. The van der Waals surface area contributed by atoms with Crippen LogP contribution < -0.4 is 22.6 Å². The lowest BCUT2D eigenvalue weighted by atomic mass is 10.1. The minimum Gasteiger partial charge on any atom is -0.481 e. The molecule has 2 atom stereocenters. The highest BCUT2D eigenvalue weighted by molar-refractivity contribution is 5.71. The van der Waals surface area contributed by atoms with Gasteiger partial charge >= 0.3 is 11.9 Å². The minimum absolute atomic E-state index is 0.0135. The summed E-state index contributed by atoms with van der Waals surface area (Å²) in [6.45, 7) is 5.22. The van der Waals surface area contributed by atoms with E-state index in [0.717, 1.165) is 109 Å². The van der Waals surface area contributed by atoms with E-state index in [0.29, 0.717) is 24.1 Å².